The summed E-state index contributed by atoms with van der Waals surface area (Å²) in [6.45, 7) is 3.11. The Morgan fingerprint density at radius 3 is 1.93 bits per heavy atom. The van der Waals surface area contributed by atoms with Gasteiger partial charge in [0, 0.05) is 13.3 Å². The fourth-order valence-electron chi connectivity index (χ4n) is 3.28. The van der Waals surface area contributed by atoms with Crippen molar-refractivity contribution in [1.82, 2.24) is 0 Å². The van der Waals surface area contributed by atoms with E-state index in [0.29, 0.717) is 6.42 Å². The van der Waals surface area contributed by atoms with E-state index in [-0.39, 0.29) is 18.8 Å². The lowest BCUT2D eigenvalue weighted by Gasteiger charge is -2.07. The van der Waals surface area contributed by atoms with Gasteiger partial charge in [-0.2, -0.15) is 0 Å². The van der Waals surface area contributed by atoms with Gasteiger partial charge in [-0.1, -0.05) is 71.1 Å². The highest BCUT2D eigenvalue weighted by molar-refractivity contribution is 6.21. The van der Waals surface area contributed by atoms with Crippen LogP contribution in [0.3, 0.4) is 0 Å². The zero-order chi connectivity index (χ0) is 20.1. The number of carbonyl (C=O) groups excluding carboxylic acids is 4. The molecule has 6 heteroatoms. The summed E-state index contributed by atoms with van der Waals surface area (Å²) in [5.41, 5.74) is 0. The van der Waals surface area contributed by atoms with Crippen molar-refractivity contribution in [2.24, 2.45) is 5.92 Å². The third kappa shape index (κ3) is 9.16. The number of hydrogen-bond donors (Lipinski definition) is 0. The first kappa shape index (κ1) is 23.3. The van der Waals surface area contributed by atoms with Gasteiger partial charge >= 0.3 is 11.9 Å². The molecule has 27 heavy (non-hydrogen) atoms. The fourth-order valence-corrected chi connectivity index (χ4v) is 3.28. The minimum Gasteiger partial charge on any atom is -0.461 e. The van der Waals surface area contributed by atoms with E-state index in [1.54, 1.807) is 0 Å². The molecule has 6 nitrogen and oxygen atoms in total. The summed E-state index contributed by atoms with van der Waals surface area (Å²) in [5, 5.41) is 0. The van der Waals surface area contributed by atoms with Crippen molar-refractivity contribution in [2.45, 2.75) is 97.0 Å². The number of rotatable bonds is 15. The smallest absolute Gasteiger partial charge is 0.325 e. The van der Waals surface area contributed by atoms with E-state index < -0.39 is 29.7 Å². The van der Waals surface area contributed by atoms with Crippen molar-refractivity contribution in [3.63, 3.8) is 0 Å². The van der Waals surface area contributed by atoms with Gasteiger partial charge < -0.3 is 9.47 Å². The molecule has 0 aliphatic carbocycles. The average Bonchev–Trinajstić information content (AvgIpc) is 2.91. The summed E-state index contributed by atoms with van der Waals surface area (Å²) in [7, 11) is 0. The molecule has 2 atom stereocenters. The van der Waals surface area contributed by atoms with Crippen LogP contribution in [-0.4, -0.2) is 36.2 Å². The highest BCUT2D eigenvalue weighted by Crippen LogP contribution is 2.21. The van der Waals surface area contributed by atoms with Crippen LogP contribution in [0.2, 0.25) is 0 Å². The molecule has 0 aromatic rings. The molecule has 0 radical (unpaired) electrons. The Morgan fingerprint density at radius 1 is 0.889 bits per heavy atom. The normalized spacial score (nSPS) is 19.2. The van der Waals surface area contributed by atoms with Crippen LogP contribution in [0.5, 0.6) is 0 Å². The molecule has 1 aliphatic heterocycles. The first-order valence-electron chi connectivity index (χ1n) is 10.4. The lowest BCUT2D eigenvalue weighted by molar-refractivity contribution is -0.154. The quantitative estimate of drug-likeness (QED) is 0.242. The third-order valence-corrected chi connectivity index (χ3v) is 4.88. The highest BCUT2D eigenvalue weighted by atomic mass is 16.6. The minimum absolute atomic E-state index is 0.211. The maximum absolute atomic E-state index is 12.2. The van der Waals surface area contributed by atoms with Gasteiger partial charge in [0.1, 0.15) is 6.61 Å². The standard InChI is InChI=1S/C21H34O6/c1-3-4-5-6-7-8-9-10-11-12-13-14-17(23)19-20(24)18(27-21(19)25)15-26-16(2)22/h18-19H,3-15H2,1-2H3. The van der Waals surface area contributed by atoms with Crippen LogP contribution < -0.4 is 0 Å². The number of esters is 2. The summed E-state index contributed by atoms with van der Waals surface area (Å²) >= 11 is 0. The second-order valence-corrected chi connectivity index (χ2v) is 7.32. The Hall–Kier alpha value is -1.72. The van der Waals surface area contributed by atoms with Crippen molar-refractivity contribution >= 4 is 23.5 Å². The Balaban J connectivity index is 2.11. The third-order valence-electron chi connectivity index (χ3n) is 4.88. The van der Waals surface area contributed by atoms with Gasteiger partial charge in [0.15, 0.2) is 23.6 Å². The number of ketones is 2. The van der Waals surface area contributed by atoms with Crippen molar-refractivity contribution < 1.29 is 28.7 Å². The van der Waals surface area contributed by atoms with E-state index >= 15 is 0 Å². The van der Waals surface area contributed by atoms with Crippen LogP contribution in [0.1, 0.15) is 90.9 Å². The van der Waals surface area contributed by atoms with Gasteiger partial charge in [-0.15, -0.1) is 0 Å². The SMILES string of the molecule is CCCCCCCCCCCCCC(=O)C1C(=O)OC(COC(C)=O)C1=O. The van der Waals surface area contributed by atoms with Crippen LogP contribution in [0.15, 0.2) is 0 Å². The van der Waals surface area contributed by atoms with Crippen LogP contribution in [0, 0.1) is 5.92 Å². The molecule has 1 rings (SSSR count). The second-order valence-electron chi connectivity index (χ2n) is 7.32. The predicted octanol–water partition coefficient (Wildman–Crippen LogP) is 3.93. The monoisotopic (exact) mass is 382 g/mol. The van der Waals surface area contributed by atoms with Crippen molar-refractivity contribution in [1.29, 1.82) is 0 Å². The number of hydrogen-bond acceptors (Lipinski definition) is 6. The minimum atomic E-state index is -1.34. The predicted molar refractivity (Wildman–Crippen MR) is 101 cm³/mol. The first-order valence-corrected chi connectivity index (χ1v) is 10.4. The molecule has 154 valence electrons. The van der Waals surface area contributed by atoms with Crippen LogP contribution in [0.25, 0.3) is 0 Å². The van der Waals surface area contributed by atoms with E-state index in [2.05, 4.69) is 6.92 Å². The average molecular weight is 382 g/mol. The molecule has 1 aliphatic rings. The van der Waals surface area contributed by atoms with Gasteiger partial charge in [0.2, 0.25) is 0 Å². The molecule has 0 aromatic heterocycles. The second kappa shape index (κ2) is 13.4. The zero-order valence-electron chi connectivity index (χ0n) is 16.8. The molecular weight excluding hydrogens is 348 g/mol. The summed E-state index contributed by atoms with van der Waals surface area (Å²) in [6.07, 6.45) is 12.0. The van der Waals surface area contributed by atoms with E-state index in [0.717, 1.165) is 19.3 Å². The highest BCUT2D eigenvalue weighted by Gasteiger charge is 2.47. The summed E-state index contributed by atoms with van der Waals surface area (Å²) in [5.74, 6) is -3.69. The lowest BCUT2D eigenvalue weighted by Crippen LogP contribution is -2.30. The van der Waals surface area contributed by atoms with Crippen molar-refractivity contribution in [2.75, 3.05) is 6.61 Å². The lowest BCUT2D eigenvalue weighted by atomic mass is 9.94. The van der Waals surface area contributed by atoms with Gasteiger partial charge in [-0.05, 0) is 6.42 Å². The largest absolute Gasteiger partial charge is 0.461 e. The number of Topliss-reactive ketones (excluding diaryl/α,β-unsaturated/α-hetero) is 2. The van der Waals surface area contributed by atoms with E-state index in [9.17, 15) is 19.2 Å². The topological polar surface area (TPSA) is 86.7 Å². The number of unbranched alkanes of at least 4 members (excludes halogenated alkanes) is 10. The van der Waals surface area contributed by atoms with Crippen molar-refractivity contribution in [3.05, 3.63) is 0 Å². The Bertz CT molecular complexity index is 499. The molecule has 1 saturated heterocycles. The van der Waals surface area contributed by atoms with Crippen LogP contribution in [-0.2, 0) is 28.7 Å². The summed E-state index contributed by atoms with van der Waals surface area (Å²) < 4.78 is 9.57. The summed E-state index contributed by atoms with van der Waals surface area (Å²) in [6, 6.07) is 0. The van der Waals surface area contributed by atoms with E-state index in [1.165, 1.54) is 51.9 Å². The Kier molecular flexibility index (Phi) is 11.6. The molecule has 2 unspecified atom stereocenters. The van der Waals surface area contributed by atoms with E-state index in [4.69, 9.17) is 9.47 Å². The molecule has 1 fully saturated rings. The Morgan fingerprint density at radius 2 is 1.41 bits per heavy atom. The number of ether oxygens (including phenoxy) is 2. The molecule has 0 bridgehead atoms. The van der Waals surface area contributed by atoms with Gasteiger partial charge in [0.25, 0.3) is 0 Å². The molecule has 0 spiro atoms. The Labute approximate surface area is 162 Å². The van der Waals surface area contributed by atoms with Crippen LogP contribution >= 0.6 is 0 Å². The summed E-state index contributed by atoms with van der Waals surface area (Å²) in [4.78, 5) is 46.9. The van der Waals surface area contributed by atoms with Gasteiger partial charge in [-0.3, -0.25) is 19.2 Å². The molecule has 0 saturated carbocycles. The number of carbonyl (C=O) groups is 4. The number of cyclic esters (lactones) is 1. The first-order chi connectivity index (χ1) is 13.0. The fraction of sp³-hybridized carbons (Fsp3) is 0.810. The van der Waals surface area contributed by atoms with Gasteiger partial charge in [-0.25, -0.2) is 0 Å². The molecule has 0 aromatic carbocycles. The molecule has 0 amide bonds. The van der Waals surface area contributed by atoms with E-state index in [1.807, 2.05) is 0 Å². The van der Waals surface area contributed by atoms with Crippen molar-refractivity contribution in [3.8, 4) is 0 Å². The molecule has 1 heterocycles. The maximum atomic E-state index is 12.2. The molecular formula is C21H34O6. The van der Waals surface area contributed by atoms with Gasteiger partial charge in [0.05, 0.1) is 0 Å². The zero-order valence-corrected chi connectivity index (χ0v) is 16.8. The maximum Gasteiger partial charge on any atom is 0.325 e. The van der Waals surface area contributed by atoms with Crippen LogP contribution in [0.4, 0.5) is 0 Å². The molecule has 0 N–H and O–H groups in total.